The maximum absolute atomic E-state index is 13.9. The van der Waals surface area contributed by atoms with Crippen LogP contribution in [0.3, 0.4) is 0 Å². The monoisotopic (exact) mass is 357 g/mol. The average molecular weight is 358 g/mol. The molecule has 0 aliphatic rings. The number of carbonyl (C=O) groups is 1. The molecule has 5 nitrogen and oxygen atoms in total. The van der Waals surface area contributed by atoms with Crippen LogP contribution in [-0.4, -0.2) is 15.5 Å². The molecule has 0 unspecified atom stereocenters. The number of halogens is 2. The first kappa shape index (κ1) is 16.9. The summed E-state index contributed by atoms with van der Waals surface area (Å²) < 4.78 is 15.2. The number of anilines is 1. The van der Waals surface area contributed by atoms with Crippen LogP contribution >= 0.6 is 11.6 Å². The minimum absolute atomic E-state index is 0.0711. The number of carbonyl (C=O) groups excluding carboxylic acids is 1. The fourth-order valence-electron chi connectivity index (χ4n) is 2.28. The van der Waals surface area contributed by atoms with E-state index in [4.69, 9.17) is 11.6 Å². The molecule has 126 valence electrons. The summed E-state index contributed by atoms with van der Waals surface area (Å²) in [5.74, 6) is -0.911. The van der Waals surface area contributed by atoms with Gasteiger partial charge >= 0.3 is 0 Å². The summed E-state index contributed by atoms with van der Waals surface area (Å²) in [7, 11) is 0. The number of pyridine rings is 2. The normalized spacial score (nSPS) is 10.5. The van der Waals surface area contributed by atoms with Crippen molar-refractivity contribution in [2.45, 2.75) is 6.54 Å². The molecule has 1 aromatic carbocycles. The average Bonchev–Trinajstić information content (AvgIpc) is 2.60. The molecule has 1 amide bonds. The molecule has 3 aromatic rings. The smallest absolute Gasteiger partial charge is 0.257 e. The zero-order valence-electron chi connectivity index (χ0n) is 12.9. The number of rotatable bonds is 4. The van der Waals surface area contributed by atoms with Crippen molar-refractivity contribution in [2.24, 2.45) is 0 Å². The van der Waals surface area contributed by atoms with Crippen molar-refractivity contribution in [3.05, 3.63) is 93.4 Å². The van der Waals surface area contributed by atoms with Crippen molar-refractivity contribution in [3.63, 3.8) is 0 Å². The molecule has 0 saturated heterocycles. The Hall–Kier alpha value is -2.99. The molecule has 25 heavy (non-hydrogen) atoms. The Labute approximate surface area is 147 Å². The second-order valence-corrected chi connectivity index (χ2v) is 5.69. The minimum atomic E-state index is -0.510. The van der Waals surface area contributed by atoms with Gasteiger partial charge in [0.25, 0.3) is 11.5 Å². The van der Waals surface area contributed by atoms with E-state index in [9.17, 15) is 14.0 Å². The lowest BCUT2D eigenvalue weighted by molar-refractivity contribution is 0.102. The van der Waals surface area contributed by atoms with Crippen LogP contribution in [0.2, 0.25) is 5.02 Å². The topological polar surface area (TPSA) is 64.0 Å². The van der Waals surface area contributed by atoms with Crippen molar-refractivity contribution in [1.82, 2.24) is 9.55 Å². The highest BCUT2D eigenvalue weighted by molar-refractivity contribution is 6.31. The molecule has 0 spiro atoms. The quantitative estimate of drug-likeness (QED) is 0.779. The second-order valence-electron chi connectivity index (χ2n) is 5.28. The van der Waals surface area contributed by atoms with E-state index in [1.807, 2.05) is 0 Å². The van der Waals surface area contributed by atoms with Crippen LogP contribution in [0.4, 0.5) is 10.1 Å². The van der Waals surface area contributed by atoms with Crippen LogP contribution in [0.25, 0.3) is 0 Å². The first-order valence-corrected chi connectivity index (χ1v) is 7.77. The van der Waals surface area contributed by atoms with Gasteiger partial charge in [0.15, 0.2) is 0 Å². The molecule has 0 bridgehead atoms. The van der Waals surface area contributed by atoms with E-state index in [1.54, 1.807) is 24.4 Å². The van der Waals surface area contributed by atoms with Gasteiger partial charge in [-0.05, 0) is 30.3 Å². The van der Waals surface area contributed by atoms with Gasteiger partial charge in [-0.15, -0.1) is 0 Å². The fraction of sp³-hybridized carbons (Fsp3) is 0.0556. The van der Waals surface area contributed by atoms with E-state index in [0.717, 1.165) is 0 Å². The van der Waals surface area contributed by atoms with Crippen LogP contribution in [-0.2, 0) is 6.54 Å². The minimum Gasteiger partial charge on any atom is -0.321 e. The molecule has 3 rings (SSSR count). The summed E-state index contributed by atoms with van der Waals surface area (Å²) in [6.07, 6.45) is 4.47. The highest BCUT2D eigenvalue weighted by Gasteiger charge is 2.12. The summed E-state index contributed by atoms with van der Waals surface area (Å²) in [4.78, 5) is 28.3. The third-order valence-corrected chi connectivity index (χ3v) is 3.91. The third-order valence-electron chi connectivity index (χ3n) is 3.56. The molecule has 7 heteroatoms. The molecule has 0 aliphatic carbocycles. The van der Waals surface area contributed by atoms with Gasteiger partial charge < -0.3 is 9.88 Å². The van der Waals surface area contributed by atoms with Crippen LogP contribution in [0.15, 0.2) is 65.8 Å². The largest absolute Gasteiger partial charge is 0.321 e. The van der Waals surface area contributed by atoms with Gasteiger partial charge in [-0.3, -0.25) is 14.6 Å². The van der Waals surface area contributed by atoms with E-state index in [1.165, 1.54) is 41.2 Å². The Morgan fingerprint density at radius 3 is 2.76 bits per heavy atom. The van der Waals surface area contributed by atoms with Crippen LogP contribution in [0, 0.1) is 5.82 Å². The Bertz CT molecular complexity index is 953. The number of aromatic nitrogens is 2. The zero-order valence-corrected chi connectivity index (χ0v) is 13.7. The number of nitrogens with zero attached hydrogens (tertiary/aromatic N) is 2. The molecule has 0 atom stereocenters. The predicted octanol–water partition coefficient (Wildman–Crippen LogP) is 3.34. The molecule has 2 aromatic heterocycles. The van der Waals surface area contributed by atoms with Gasteiger partial charge in [-0.25, -0.2) is 4.39 Å². The molecule has 2 heterocycles. The number of amides is 1. The number of hydrogen-bond donors (Lipinski definition) is 1. The number of hydrogen-bond acceptors (Lipinski definition) is 3. The maximum Gasteiger partial charge on any atom is 0.257 e. The SMILES string of the molecule is O=C(Nc1cccnc1)c1ccc(=O)n(Cc2c(F)cccc2Cl)c1. The standard InChI is InChI=1S/C18H13ClFN3O2/c19-15-4-1-5-16(20)14(15)11-23-10-12(6-7-17(23)24)18(25)22-13-3-2-8-21-9-13/h1-10H,11H2,(H,22,25). The van der Waals surface area contributed by atoms with Crippen LogP contribution in [0.5, 0.6) is 0 Å². The van der Waals surface area contributed by atoms with E-state index in [-0.39, 0.29) is 28.3 Å². The van der Waals surface area contributed by atoms with Crippen molar-refractivity contribution in [2.75, 3.05) is 5.32 Å². The summed E-state index contributed by atoms with van der Waals surface area (Å²) in [6, 6.07) is 10.4. The summed E-state index contributed by atoms with van der Waals surface area (Å²) in [5, 5.41) is 2.89. The molecule has 0 fully saturated rings. The zero-order chi connectivity index (χ0) is 17.8. The summed E-state index contributed by atoms with van der Waals surface area (Å²) in [5.41, 5.74) is 0.617. The molecule has 0 saturated carbocycles. The van der Waals surface area contributed by atoms with Crippen molar-refractivity contribution in [1.29, 1.82) is 0 Å². The number of nitrogens with one attached hydrogen (secondary N) is 1. The second kappa shape index (κ2) is 7.27. The van der Waals surface area contributed by atoms with Crippen molar-refractivity contribution < 1.29 is 9.18 Å². The van der Waals surface area contributed by atoms with E-state index in [2.05, 4.69) is 10.3 Å². The Morgan fingerprint density at radius 1 is 1.20 bits per heavy atom. The van der Waals surface area contributed by atoms with Crippen LogP contribution in [0.1, 0.15) is 15.9 Å². The van der Waals surface area contributed by atoms with Gasteiger partial charge in [-0.1, -0.05) is 17.7 Å². The third kappa shape index (κ3) is 3.92. The Kier molecular flexibility index (Phi) is 4.90. The lowest BCUT2D eigenvalue weighted by Gasteiger charge is -2.11. The highest BCUT2D eigenvalue weighted by atomic mass is 35.5. The lowest BCUT2D eigenvalue weighted by Crippen LogP contribution is -2.23. The molecule has 0 aliphatic heterocycles. The first-order chi connectivity index (χ1) is 12.0. The van der Waals surface area contributed by atoms with Gasteiger partial charge in [-0.2, -0.15) is 0 Å². The van der Waals surface area contributed by atoms with Crippen molar-refractivity contribution in [3.8, 4) is 0 Å². The van der Waals surface area contributed by atoms with E-state index >= 15 is 0 Å². The first-order valence-electron chi connectivity index (χ1n) is 7.39. The fourth-order valence-corrected chi connectivity index (χ4v) is 2.51. The van der Waals surface area contributed by atoms with Gasteiger partial charge in [0.05, 0.1) is 24.0 Å². The molecule has 1 N–H and O–H groups in total. The highest BCUT2D eigenvalue weighted by Crippen LogP contribution is 2.19. The van der Waals surface area contributed by atoms with Crippen LogP contribution < -0.4 is 10.9 Å². The summed E-state index contributed by atoms with van der Waals surface area (Å²) >= 11 is 6.00. The Morgan fingerprint density at radius 2 is 2.04 bits per heavy atom. The van der Waals surface area contributed by atoms with Gasteiger partial charge in [0.2, 0.25) is 0 Å². The molecule has 0 radical (unpaired) electrons. The molecular weight excluding hydrogens is 345 g/mol. The van der Waals surface area contributed by atoms with Gasteiger partial charge in [0.1, 0.15) is 5.82 Å². The summed E-state index contributed by atoms with van der Waals surface area (Å²) in [6.45, 7) is -0.0711. The van der Waals surface area contributed by atoms with E-state index in [0.29, 0.717) is 5.69 Å². The van der Waals surface area contributed by atoms with Gasteiger partial charge in [0, 0.05) is 29.0 Å². The van der Waals surface area contributed by atoms with E-state index < -0.39 is 11.7 Å². The number of benzene rings is 1. The lowest BCUT2D eigenvalue weighted by atomic mass is 10.2. The van der Waals surface area contributed by atoms with Crippen molar-refractivity contribution >= 4 is 23.2 Å². The predicted molar refractivity (Wildman–Crippen MR) is 93.4 cm³/mol. The Balaban J connectivity index is 1.88. The molecular formula is C18H13ClFN3O2. The maximum atomic E-state index is 13.9.